The fourth-order valence-corrected chi connectivity index (χ4v) is 2.80. The lowest BCUT2D eigenvalue weighted by atomic mass is 9.95. The van der Waals surface area contributed by atoms with Crippen LogP contribution < -0.4 is 16.0 Å². The first kappa shape index (κ1) is 18.5. The highest BCUT2D eigenvalue weighted by molar-refractivity contribution is 5.97. The van der Waals surface area contributed by atoms with E-state index in [9.17, 15) is 9.59 Å². The van der Waals surface area contributed by atoms with E-state index in [0.717, 1.165) is 12.8 Å². The van der Waals surface area contributed by atoms with E-state index in [1.807, 2.05) is 20.8 Å². The fraction of sp³-hybridized carbons (Fsp3) is 0.579. The average Bonchev–Trinajstić information content (AvgIpc) is 2.53. The molecule has 0 heterocycles. The highest BCUT2D eigenvalue weighted by Gasteiger charge is 2.17. The van der Waals surface area contributed by atoms with Crippen LogP contribution in [0.3, 0.4) is 0 Å². The molecule has 1 aromatic carbocycles. The van der Waals surface area contributed by atoms with E-state index in [0.29, 0.717) is 11.3 Å². The summed E-state index contributed by atoms with van der Waals surface area (Å²) in [5.74, 6) is -0.180. The molecule has 1 saturated carbocycles. The van der Waals surface area contributed by atoms with Crippen LogP contribution in [0.1, 0.15) is 63.2 Å². The minimum absolute atomic E-state index is 0.0641. The van der Waals surface area contributed by atoms with Crippen molar-refractivity contribution in [3.05, 3.63) is 29.8 Å². The Morgan fingerprint density at radius 2 is 1.83 bits per heavy atom. The molecule has 2 rings (SSSR count). The molecular weight excluding hydrogens is 302 g/mol. The van der Waals surface area contributed by atoms with Crippen molar-refractivity contribution in [2.75, 3.05) is 11.9 Å². The monoisotopic (exact) mass is 331 g/mol. The lowest BCUT2D eigenvalue weighted by molar-refractivity contribution is -0.115. The molecule has 0 aliphatic heterocycles. The van der Waals surface area contributed by atoms with Crippen LogP contribution in [0.4, 0.5) is 5.69 Å². The van der Waals surface area contributed by atoms with Crippen LogP contribution in [0, 0.1) is 0 Å². The molecule has 5 nitrogen and oxygen atoms in total. The number of benzene rings is 1. The second kappa shape index (κ2) is 8.29. The van der Waals surface area contributed by atoms with E-state index < -0.39 is 0 Å². The Bertz CT molecular complexity index is 572. The topological polar surface area (TPSA) is 70.2 Å². The third kappa shape index (κ3) is 6.32. The number of anilines is 1. The van der Waals surface area contributed by atoms with Crippen LogP contribution >= 0.6 is 0 Å². The first-order chi connectivity index (χ1) is 11.3. The van der Waals surface area contributed by atoms with Crippen LogP contribution in [0.15, 0.2) is 24.3 Å². The summed E-state index contributed by atoms with van der Waals surface area (Å²) in [5.41, 5.74) is 1.12. The Hall–Kier alpha value is -1.88. The van der Waals surface area contributed by atoms with Gasteiger partial charge in [0.05, 0.1) is 6.54 Å². The van der Waals surface area contributed by atoms with Crippen LogP contribution in [-0.4, -0.2) is 29.9 Å². The number of rotatable bonds is 5. The highest BCUT2D eigenvalue weighted by Crippen LogP contribution is 2.18. The molecule has 0 aromatic heterocycles. The zero-order chi connectivity index (χ0) is 17.6. The SMILES string of the molecule is CC(C)(C)NCC(=O)Nc1cccc(C(=O)NC2CCCCC2)c1. The maximum absolute atomic E-state index is 12.4. The Kier molecular flexibility index (Phi) is 6.37. The standard InChI is InChI=1S/C19H29N3O2/c1-19(2,3)20-13-17(23)21-16-11-7-8-14(12-16)18(24)22-15-9-5-4-6-10-15/h7-8,11-12,15,20H,4-6,9-10,13H2,1-3H3,(H,21,23)(H,22,24). The van der Waals surface area contributed by atoms with E-state index in [2.05, 4.69) is 16.0 Å². The maximum Gasteiger partial charge on any atom is 0.251 e. The molecule has 1 aromatic rings. The van der Waals surface area contributed by atoms with E-state index in [-0.39, 0.29) is 29.9 Å². The summed E-state index contributed by atoms with van der Waals surface area (Å²) in [6, 6.07) is 7.38. The van der Waals surface area contributed by atoms with Gasteiger partial charge in [-0.3, -0.25) is 9.59 Å². The highest BCUT2D eigenvalue weighted by atomic mass is 16.2. The Morgan fingerprint density at radius 1 is 1.12 bits per heavy atom. The summed E-state index contributed by atoms with van der Waals surface area (Å²) in [5, 5.41) is 9.07. The van der Waals surface area contributed by atoms with Crippen molar-refractivity contribution in [1.82, 2.24) is 10.6 Å². The van der Waals surface area contributed by atoms with Crippen molar-refractivity contribution >= 4 is 17.5 Å². The van der Waals surface area contributed by atoms with Gasteiger partial charge in [-0.15, -0.1) is 0 Å². The van der Waals surface area contributed by atoms with Crippen LogP contribution in [0.25, 0.3) is 0 Å². The third-order valence-corrected chi connectivity index (χ3v) is 4.13. The molecule has 5 heteroatoms. The molecule has 0 atom stereocenters. The quantitative estimate of drug-likeness (QED) is 0.776. The molecule has 0 unspecified atom stereocenters. The van der Waals surface area contributed by atoms with Crippen LogP contribution in [0.5, 0.6) is 0 Å². The van der Waals surface area contributed by atoms with E-state index >= 15 is 0 Å². The summed E-state index contributed by atoms with van der Waals surface area (Å²) >= 11 is 0. The van der Waals surface area contributed by atoms with Crippen molar-refractivity contribution < 1.29 is 9.59 Å². The van der Waals surface area contributed by atoms with Crippen molar-refractivity contribution in [3.63, 3.8) is 0 Å². The lowest BCUT2D eigenvalue weighted by Crippen LogP contribution is -2.41. The second-order valence-electron chi connectivity index (χ2n) is 7.54. The molecule has 1 fully saturated rings. The number of carbonyl (C=O) groups is 2. The lowest BCUT2D eigenvalue weighted by Gasteiger charge is -2.23. The summed E-state index contributed by atoms with van der Waals surface area (Å²) in [4.78, 5) is 24.4. The summed E-state index contributed by atoms with van der Waals surface area (Å²) in [6.45, 7) is 6.27. The number of nitrogens with one attached hydrogen (secondary N) is 3. The second-order valence-corrected chi connectivity index (χ2v) is 7.54. The predicted octanol–water partition coefficient (Wildman–Crippen LogP) is 3.08. The van der Waals surface area contributed by atoms with Crippen molar-refractivity contribution in [2.24, 2.45) is 0 Å². The van der Waals surface area contributed by atoms with Gasteiger partial charge < -0.3 is 16.0 Å². The summed E-state index contributed by atoms with van der Waals surface area (Å²) < 4.78 is 0. The fourth-order valence-electron chi connectivity index (χ4n) is 2.80. The molecular formula is C19H29N3O2. The largest absolute Gasteiger partial charge is 0.349 e. The normalized spacial score (nSPS) is 15.8. The van der Waals surface area contributed by atoms with Gasteiger partial charge in [-0.2, -0.15) is 0 Å². The molecule has 2 amide bonds. The van der Waals surface area contributed by atoms with Crippen LogP contribution in [-0.2, 0) is 4.79 Å². The van der Waals surface area contributed by atoms with E-state index in [1.165, 1.54) is 19.3 Å². The minimum atomic E-state index is -0.116. The molecule has 1 aliphatic rings. The number of hydrogen-bond acceptors (Lipinski definition) is 3. The molecule has 0 saturated heterocycles. The van der Waals surface area contributed by atoms with Gasteiger partial charge in [0.25, 0.3) is 5.91 Å². The number of carbonyl (C=O) groups excluding carboxylic acids is 2. The Morgan fingerprint density at radius 3 is 2.50 bits per heavy atom. The number of amides is 2. The van der Waals surface area contributed by atoms with E-state index in [1.54, 1.807) is 24.3 Å². The minimum Gasteiger partial charge on any atom is -0.349 e. The van der Waals surface area contributed by atoms with Crippen molar-refractivity contribution in [1.29, 1.82) is 0 Å². The molecule has 1 aliphatic carbocycles. The molecule has 0 spiro atoms. The van der Waals surface area contributed by atoms with Crippen molar-refractivity contribution in [3.8, 4) is 0 Å². The predicted molar refractivity (Wildman–Crippen MR) is 97.2 cm³/mol. The van der Waals surface area contributed by atoms with Gasteiger partial charge in [0.15, 0.2) is 0 Å². The molecule has 24 heavy (non-hydrogen) atoms. The molecule has 132 valence electrons. The van der Waals surface area contributed by atoms with Gasteiger partial charge >= 0.3 is 0 Å². The summed E-state index contributed by atoms with van der Waals surface area (Å²) in [7, 11) is 0. The smallest absolute Gasteiger partial charge is 0.251 e. The van der Waals surface area contributed by atoms with Gasteiger partial charge in [0, 0.05) is 22.8 Å². The third-order valence-electron chi connectivity index (χ3n) is 4.13. The van der Waals surface area contributed by atoms with Gasteiger partial charge in [-0.25, -0.2) is 0 Å². The van der Waals surface area contributed by atoms with Gasteiger partial charge in [-0.05, 0) is 51.8 Å². The molecule has 0 radical (unpaired) electrons. The van der Waals surface area contributed by atoms with Crippen LogP contribution in [0.2, 0.25) is 0 Å². The Balaban J connectivity index is 1.90. The zero-order valence-corrected chi connectivity index (χ0v) is 14.9. The molecule has 3 N–H and O–H groups in total. The summed E-state index contributed by atoms with van der Waals surface area (Å²) in [6.07, 6.45) is 5.74. The first-order valence-corrected chi connectivity index (χ1v) is 8.79. The first-order valence-electron chi connectivity index (χ1n) is 8.79. The average molecular weight is 331 g/mol. The van der Waals surface area contributed by atoms with E-state index in [4.69, 9.17) is 0 Å². The van der Waals surface area contributed by atoms with Gasteiger partial charge in [-0.1, -0.05) is 25.3 Å². The van der Waals surface area contributed by atoms with Gasteiger partial charge in [0.2, 0.25) is 5.91 Å². The Labute approximate surface area is 144 Å². The van der Waals surface area contributed by atoms with Crippen molar-refractivity contribution in [2.45, 2.75) is 64.5 Å². The van der Waals surface area contributed by atoms with Gasteiger partial charge in [0.1, 0.15) is 0 Å². The number of hydrogen-bond donors (Lipinski definition) is 3. The molecule has 0 bridgehead atoms. The maximum atomic E-state index is 12.4. The zero-order valence-electron chi connectivity index (χ0n) is 14.9.